The van der Waals surface area contributed by atoms with Crippen molar-refractivity contribution in [2.75, 3.05) is 0 Å². The lowest BCUT2D eigenvalue weighted by Crippen LogP contribution is -2.22. The van der Waals surface area contributed by atoms with Crippen LogP contribution in [0.1, 0.15) is 38.5 Å². The quantitative estimate of drug-likeness (QED) is 0.679. The second-order valence-corrected chi connectivity index (χ2v) is 3.64. The molecule has 12 heavy (non-hydrogen) atoms. The summed E-state index contributed by atoms with van der Waals surface area (Å²) >= 11 is 0. The highest BCUT2D eigenvalue weighted by Crippen LogP contribution is 2.26. The molecule has 0 aromatic heterocycles. The molecule has 1 rings (SSSR count). The average molecular weight is 190 g/mol. The van der Waals surface area contributed by atoms with Gasteiger partial charge in [0.2, 0.25) is 0 Å². The number of halogens is 1. The molecule has 0 aliphatic heterocycles. The first-order chi connectivity index (χ1) is 5.33. The molecule has 1 unspecified atom stereocenters. The van der Waals surface area contributed by atoms with Crippen molar-refractivity contribution >= 4 is 12.4 Å². The third-order valence-corrected chi connectivity index (χ3v) is 2.63. The Morgan fingerprint density at radius 1 is 1.33 bits per heavy atom. The molecule has 0 spiro atoms. The van der Waals surface area contributed by atoms with Gasteiger partial charge in [-0.3, -0.25) is 0 Å². The molecule has 0 bridgehead atoms. The normalized spacial score (nSPS) is 21.1. The van der Waals surface area contributed by atoms with Crippen molar-refractivity contribution in [3.63, 3.8) is 0 Å². The molecule has 1 atom stereocenters. The van der Waals surface area contributed by atoms with E-state index in [2.05, 4.69) is 6.58 Å². The summed E-state index contributed by atoms with van der Waals surface area (Å²) in [6, 6.07) is 0.234. The topological polar surface area (TPSA) is 26.0 Å². The molecule has 0 saturated heterocycles. The Labute approximate surface area is 81.8 Å². The molecule has 0 heterocycles. The van der Waals surface area contributed by atoms with Gasteiger partial charge in [0.25, 0.3) is 0 Å². The molecule has 0 radical (unpaired) electrons. The lowest BCUT2D eigenvalue weighted by molar-refractivity contribution is 0.330. The lowest BCUT2D eigenvalue weighted by Gasteiger charge is -2.22. The van der Waals surface area contributed by atoms with Gasteiger partial charge in [0.1, 0.15) is 0 Å². The minimum absolute atomic E-state index is 0. The third kappa shape index (κ3) is 4.13. The molecule has 1 nitrogen and oxygen atoms in total. The van der Waals surface area contributed by atoms with Gasteiger partial charge in [-0.25, -0.2) is 0 Å². The summed E-state index contributed by atoms with van der Waals surface area (Å²) in [7, 11) is 0. The summed E-state index contributed by atoms with van der Waals surface area (Å²) in [5, 5.41) is 0. The maximum absolute atomic E-state index is 5.79. The summed E-state index contributed by atoms with van der Waals surface area (Å²) in [5.41, 5.74) is 5.79. The molecule has 0 amide bonds. The van der Waals surface area contributed by atoms with Gasteiger partial charge < -0.3 is 5.73 Å². The zero-order chi connectivity index (χ0) is 8.10. The maximum atomic E-state index is 5.79. The van der Waals surface area contributed by atoms with E-state index in [1.165, 1.54) is 32.1 Å². The molecule has 72 valence electrons. The van der Waals surface area contributed by atoms with Crippen LogP contribution in [0, 0.1) is 5.92 Å². The summed E-state index contributed by atoms with van der Waals surface area (Å²) < 4.78 is 0. The van der Waals surface area contributed by atoms with Crippen LogP contribution in [0.4, 0.5) is 0 Å². The van der Waals surface area contributed by atoms with E-state index in [0.717, 1.165) is 12.3 Å². The monoisotopic (exact) mass is 189 g/mol. The minimum Gasteiger partial charge on any atom is -0.324 e. The van der Waals surface area contributed by atoms with Gasteiger partial charge in [-0.2, -0.15) is 0 Å². The summed E-state index contributed by atoms with van der Waals surface area (Å²) in [4.78, 5) is 0. The fraction of sp³-hybridized carbons (Fsp3) is 0.800. The fourth-order valence-electron chi connectivity index (χ4n) is 1.90. The van der Waals surface area contributed by atoms with E-state index in [1.54, 1.807) is 0 Å². The van der Waals surface area contributed by atoms with Gasteiger partial charge in [0, 0.05) is 6.04 Å². The largest absolute Gasteiger partial charge is 0.324 e. The van der Waals surface area contributed by atoms with Crippen LogP contribution in [0.5, 0.6) is 0 Å². The first-order valence-corrected chi connectivity index (χ1v) is 4.71. The van der Waals surface area contributed by atoms with Crippen LogP contribution in [0.25, 0.3) is 0 Å². The van der Waals surface area contributed by atoms with Crippen LogP contribution in [0.15, 0.2) is 12.7 Å². The predicted octanol–water partition coefficient (Wildman–Crippen LogP) is 2.89. The van der Waals surface area contributed by atoms with Crippen molar-refractivity contribution in [3.05, 3.63) is 12.7 Å². The standard InChI is InChI=1S/C10H19N.ClH/c1-2-10(11)8-9-6-4-3-5-7-9;/h2,9-10H,1,3-8,11H2;1H. The highest BCUT2D eigenvalue weighted by Gasteiger charge is 2.14. The zero-order valence-electron chi connectivity index (χ0n) is 7.67. The van der Waals surface area contributed by atoms with E-state index in [-0.39, 0.29) is 18.4 Å². The summed E-state index contributed by atoms with van der Waals surface area (Å²) in [6.07, 6.45) is 10.1. The third-order valence-electron chi connectivity index (χ3n) is 2.63. The van der Waals surface area contributed by atoms with Crippen LogP contribution in [0.3, 0.4) is 0 Å². The second kappa shape index (κ2) is 6.50. The number of hydrogen-bond acceptors (Lipinski definition) is 1. The number of hydrogen-bond donors (Lipinski definition) is 1. The van der Waals surface area contributed by atoms with Gasteiger partial charge in [-0.15, -0.1) is 19.0 Å². The first kappa shape index (κ1) is 12.0. The Morgan fingerprint density at radius 2 is 1.92 bits per heavy atom. The van der Waals surface area contributed by atoms with Crippen molar-refractivity contribution in [2.24, 2.45) is 11.7 Å². The van der Waals surface area contributed by atoms with Gasteiger partial charge in [-0.1, -0.05) is 38.2 Å². The molecular formula is C10H20ClN. The second-order valence-electron chi connectivity index (χ2n) is 3.64. The van der Waals surface area contributed by atoms with Crippen LogP contribution in [-0.4, -0.2) is 6.04 Å². The Bertz CT molecular complexity index is 119. The minimum atomic E-state index is 0. The van der Waals surface area contributed by atoms with Crippen LogP contribution >= 0.6 is 12.4 Å². The van der Waals surface area contributed by atoms with Crippen molar-refractivity contribution in [1.29, 1.82) is 0 Å². The van der Waals surface area contributed by atoms with E-state index in [0.29, 0.717) is 0 Å². The van der Waals surface area contributed by atoms with Crippen molar-refractivity contribution < 1.29 is 0 Å². The highest BCUT2D eigenvalue weighted by atomic mass is 35.5. The van der Waals surface area contributed by atoms with E-state index in [1.807, 2.05) is 6.08 Å². The van der Waals surface area contributed by atoms with E-state index in [4.69, 9.17) is 5.73 Å². The van der Waals surface area contributed by atoms with Crippen LogP contribution < -0.4 is 5.73 Å². The van der Waals surface area contributed by atoms with Gasteiger partial charge in [0.15, 0.2) is 0 Å². The molecular weight excluding hydrogens is 170 g/mol. The van der Waals surface area contributed by atoms with E-state index < -0.39 is 0 Å². The smallest absolute Gasteiger partial charge is 0.0223 e. The van der Waals surface area contributed by atoms with Crippen molar-refractivity contribution in [1.82, 2.24) is 0 Å². The fourth-order valence-corrected chi connectivity index (χ4v) is 1.90. The summed E-state index contributed by atoms with van der Waals surface area (Å²) in [6.45, 7) is 3.70. The molecule has 2 N–H and O–H groups in total. The van der Waals surface area contributed by atoms with E-state index in [9.17, 15) is 0 Å². The number of nitrogens with two attached hydrogens (primary N) is 1. The Morgan fingerprint density at radius 3 is 2.42 bits per heavy atom. The molecule has 1 saturated carbocycles. The van der Waals surface area contributed by atoms with Gasteiger partial charge in [0.05, 0.1) is 0 Å². The molecule has 0 aromatic carbocycles. The molecule has 2 heteroatoms. The van der Waals surface area contributed by atoms with E-state index >= 15 is 0 Å². The molecule has 1 fully saturated rings. The average Bonchev–Trinajstić information content (AvgIpc) is 2.06. The van der Waals surface area contributed by atoms with Crippen LogP contribution in [-0.2, 0) is 0 Å². The molecule has 1 aliphatic carbocycles. The Hall–Kier alpha value is -0.0100. The predicted molar refractivity (Wildman–Crippen MR) is 56.6 cm³/mol. The highest BCUT2D eigenvalue weighted by molar-refractivity contribution is 5.85. The molecule has 0 aromatic rings. The maximum Gasteiger partial charge on any atom is 0.0223 e. The number of rotatable bonds is 3. The van der Waals surface area contributed by atoms with Gasteiger partial charge >= 0.3 is 0 Å². The first-order valence-electron chi connectivity index (χ1n) is 4.71. The SMILES string of the molecule is C=CC(N)CC1CCCCC1.Cl. The zero-order valence-corrected chi connectivity index (χ0v) is 8.48. The summed E-state index contributed by atoms with van der Waals surface area (Å²) in [5.74, 6) is 0.886. The van der Waals surface area contributed by atoms with Crippen molar-refractivity contribution in [3.8, 4) is 0 Å². The Kier molecular flexibility index (Phi) is 6.49. The Balaban J connectivity index is 0.00000121. The van der Waals surface area contributed by atoms with Crippen molar-refractivity contribution in [2.45, 2.75) is 44.6 Å². The van der Waals surface area contributed by atoms with Crippen LogP contribution in [0.2, 0.25) is 0 Å². The molecule has 1 aliphatic rings. The lowest BCUT2D eigenvalue weighted by atomic mass is 9.85. The van der Waals surface area contributed by atoms with Gasteiger partial charge in [-0.05, 0) is 12.3 Å².